The molecule has 0 fully saturated rings. The van der Waals surface area contributed by atoms with Gasteiger partial charge in [-0.1, -0.05) is 35.9 Å². The largest absolute Gasteiger partial charge is 0.481 e. The third-order valence-corrected chi connectivity index (χ3v) is 7.43. The number of ether oxygens (including phenoxy) is 1. The molecule has 0 unspecified atom stereocenters. The Morgan fingerprint density at radius 2 is 1.70 bits per heavy atom. The van der Waals surface area contributed by atoms with Crippen molar-refractivity contribution in [3.05, 3.63) is 83.4 Å². The molecule has 0 saturated carbocycles. The van der Waals surface area contributed by atoms with Crippen molar-refractivity contribution in [3.8, 4) is 5.75 Å². The number of para-hydroxylation sites is 1. The van der Waals surface area contributed by atoms with E-state index in [4.69, 9.17) is 16.3 Å². The Kier molecular flexibility index (Phi) is 8.29. The maximum atomic E-state index is 12.7. The van der Waals surface area contributed by atoms with E-state index >= 15 is 0 Å². The molecule has 0 aliphatic rings. The van der Waals surface area contributed by atoms with Crippen LogP contribution < -0.4 is 14.4 Å². The van der Waals surface area contributed by atoms with Crippen molar-refractivity contribution < 1.29 is 17.9 Å². The van der Waals surface area contributed by atoms with Gasteiger partial charge < -0.3 is 10.1 Å². The highest BCUT2D eigenvalue weighted by Crippen LogP contribution is 2.30. The van der Waals surface area contributed by atoms with E-state index in [1.165, 1.54) is 11.4 Å². The molecule has 174 valence electrons. The second-order valence-corrected chi connectivity index (χ2v) is 10.9. The summed E-state index contributed by atoms with van der Waals surface area (Å²) in [6.45, 7) is 1.66. The van der Waals surface area contributed by atoms with Gasteiger partial charge in [-0.05, 0) is 61.0 Å². The van der Waals surface area contributed by atoms with E-state index in [9.17, 15) is 13.2 Å². The summed E-state index contributed by atoms with van der Waals surface area (Å²) < 4.78 is 30.2. The normalized spacial score (nSPS) is 12.1. The fraction of sp³-hybridized carbons (Fsp3) is 0.208. The van der Waals surface area contributed by atoms with Gasteiger partial charge in [-0.25, -0.2) is 8.42 Å². The Bertz CT molecular complexity index is 1200. The number of nitrogens with one attached hydrogen (secondary N) is 1. The lowest BCUT2D eigenvalue weighted by molar-refractivity contribution is -0.122. The quantitative estimate of drug-likeness (QED) is 0.393. The molecular weight excluding hydrogens is 480 g/mol. The number of amides is 1. The summed E-state index contributed by atoms with van der Waals surface area (Å²) in [6.07, 6.45) is 0.382. The summed E-state index contributed by atoms with van der Waals surface area (Å²) in [5, 5.41) is 3.63. The standard InChI is InChI=1S/C24H25ClN2O4S2/c1-17(31-21-14-12-20(13-15-21)27(2)33(3,29)30)24(28)26-22-6-4-5-7-23(22)32-16-18-8-10-19(25)11-9-18/h4-15,17H,16H2,1-3H3,(H,26,28)/t17-/m0/s1. The number of sulfonamides is 1. The molecule has 0 aromatic heterocycles. The zero-order valence-corrected chi connectivity index (χ0v) is 20.9. The van der Waals surface area contributed by atoms with Crippen LogP contribution in [0.25, 0.3) is 0 Å². The molecule has 1 N–H and O–H groups in total. The average Bonchev–Trinajstić information content (AvgIpc) is 2.79. The van der Waals surface area contributed by atoms with Crippen LogP contribution in [-0.4, -0.2) is 33.7 Å². The average molecular weight is 505 g/mol. The number of anilines is 2. The molecule has 9 heteroatoms. The molecule has 0 aliphatic heterocycles. The van der Waals surface area contributed by atoms with E-state index in [2.05, 4.69) is 5.32 Å². The number of nitrogens with zero attached hydrogens (tertiary/aromatic N) is 1. The molecule has 0 bridgehead atoms. The van der Waals surface area contributed by atoms with Crippen LogP contribution in [0.4, 0.5) is 11.4 Å². The van der Waals surface area contributed by atoms with Gasteiger partial charge in [0.1, 0.15) is 5.75 Å². The van der Waals surface area contributed by atoms with Gasteiger partial charge in [-0.2, -0.15) is 0 Å². The first-order valence-electron chi connectivity index (χ1n) is 10.1. The Labute approximate surface area is 204 Å². The fourth-order valence-electron chi connectivity index (χ4n) is 2.86. The van der Waals surface area contributed by atoms with Gasteiger partial charge >= 0.3 is 0 Å². The fourth-order valence-corrected chi connectivity index (χ4v) is 4.45. The lowest BCUT2D eigenvalue weighted by Gasteiger charge is -2.19. The third kappa shape index (κ3) is 7.15. The van der Waals surface area contributed by atoms with Gasteiger partial charge in [0.2, 0.25) is 10.0 Å². The minimum atomic E-state index is -3.35. The zero-order valence-electron chi connectivity index (χ0n) is 18.5. The summed E-state index contributed by atoms with van der Waals surface area (Å²) in [6, 6.07) is 21.8. The minimum absolute atomic E-state index is 0.285. The van der Waals surface area contributed by atoms with Gasteiger partial charge in [-0.15, -0.1) is 11.8 Å². The number of hydrogen-bond donors (Lipinski definition) is 1. The first-order valence-corrected chi connectivity index (χ1v) is 13.3. The second-order valence-electron chi connectivity index (χ2n) is 7.39. The number of benzene rings is 3. The molecule has 0 aliphatic carbocycles. The van der Waals surface area contributed by atoms with Crippen molar-refractivity contribution in [2.24, 2.45) is 0 Å². The van der Waals surface area contributed by atoms with Gasteiger partial charge in [0, 0.05) is 22.7 Å². The second kappa shape index (κ2) is 11.0. The predicted octanol–water partition coefficient (Wildman–Crippen LogP) is 5.43. The predicted molar refractivity (Wildman–Crippen MR) is 136 cm³/mol. The van der Waals surface area contributed by atoms with Gasteiger partial charge in [-0.3, -0.25) is 9.10 Å². The van der Waals surface area contributed by atoms with E-state index in [1.54, 1.807) is 43.0 Å². The molecule has 0 saturated heterocycles. The minimum Gasteiger partial charge on any atom is -0.481 e. The smallest absolute Gasteiger partial charge is 0.265 e. The first-order chi connectivity index (χ1) is 15.6. The Hall–Kier alpha value is -2.68. The number of halogens is 1. The van der Waals surface area contributed by atoms with Crippen molar-refractivity contribution >= 4 is 50.7 Å². The lowest BCUT2D eigenvalue weighted by Crippen LogP contribution is -2.30. The monoisotopic (exact) mass is 504 g/mol. The van der Waals surface area contributed by atoms with Crippen LogP contribution in [-0.2, 0) is 20.6 Å². The molecule has 0 spiro atoms. The summed E-state index contributed by atoms with van der Waals surface area (Å²) in [5.74, 6) is 0.922. The first kappa shape index (κ1) is 25.0. The van der Waals surface area contributed by atoms with Crippen molar-refractivity contribution in [1.82, 2.24) is 0 Å². The van der Waals surface area contributed by atoms with Gasteiger partial charge in [0.15, 0.2) is 6.10 Å². The summed E-state index contributed by atoms with van der Waals surface area (Å²) in [7, 11) is -1.87. The van der Waals surface area contributed by atoms with Crippen molar-refractivity contribution in [2.75, 3.05) is 22.9 Å². The molecule has 3 aromatic carbocycles. The topological polar surface area (TPSA) is 75.7 Å². The molecular formula is C24H25ClN2O4S2. The van der Waals surface area contributed by atoms with Crippen LogP contribution in [0.2, 0.25) is 5.02 Å². The highest BCUT2D eigenvalue weighted by molar-refractivity contribution is 7.98. The summed E-state index contributed by atoms with van der Waals surface area (Å²) >= 11 is 7.56. The molecule has 6 nitrogen and oxygen atoms in total. The Morgan fingerprint density at radius 3 is 2.33 bits per heavy atom. The molecule has 3 rings (SSSR count). The SMILES string of the molecule is C[C@H](Oc1ccc(N(C)S(C)(=O)=O)cc1)C(=O)Nc1ccccc1SCc1ccc(Cl)cc1. The van der Waals surface area contributed by atoms with E-state index in [0.29, 0.717) is 22.1 Å². The molecule has 33 heavy (non-hydrogen) atoms. The molecule has 1 atom stereocenters. The highest BCUT2D eigenvalue weighted by atomic mass is 35.5. The maximum Gasteiger partial charge on any atom is 0.265 e. The van der Waals surface area contributed by atoms with Crippen molar-refractivity contribution in [3.63, 3.8) is 0 Å². The molecule has 1 amide bonds. The van der Waals surface area contributed by atoms with Crippen LogP contribution in [0.3, 0.4) is 0 Å². The molecule has 3 aromatic rings. The zero-order chi connectivity index (χ0) is 24.0. The van der Waals surface area contributed by atoms with E-state index in [0.717, 1.165) is 22.5 Å². The number of thioether (sulfide) groups is 1. The van der Waals surface area contributed by atoms with Crippen LogP contribution in [0.5, 0.6) is 5.75 Å². The van der Waals surface area contributed by atoms with E-state index < -0.39 is 16.1 Å². The molecule has 0 heterocycles. The summed E-state index contributed by atoms with van der Waals surface area (Å²) in [4.78, 5) is 13.7. The van der Waals surface area contributed by atoms with Crippen molar-refractivity contribution in [1.29, 1.82) is 0 Å². The number of hydrogen-bond acceptors (Lipinski definition) is 5. The maximum absolute atomic E-state index is 12.7. The third-order valence-electron chi connectivity index (χ3n) is 4.83. The lowest BCUT2D eigenvalue weighted by atomic mass is 10.2. The van der Waals surface area contributed by atoms with Crippen LogP contribution in [0.15, 0.2) is 77.7 Å². The number of rotatable bonds is 9. The van der Waals surface area contributed by atoms with Crippen LogP contribution in [0, 0.1) is 0 Å². The number of carbonyl (C=O) groups excluding carboxylic acids is 1. The van der Waals surface area contributed by atoms with Crippen LogP contribution >= 0.6 is 23.4 Å². The van der Waals surface area contributed by atoms with E-state index in [-0.39, 0.29) is 5.91 Å². The summed E-state index contributed by atoms with van der Waals surface area (Å²) in [5.41, 5.74) is 2.35. The van der Waals surface area contributed by atoms with Gasteiger partial charge in [0.25, 0.3) is 5.91 Å². The highest BCUT2D eigenvalue weighted by Gasteiger charge is 2.17. The molecule has 0 radical (unpaired) electrons. The number of carbonyl (C=O) groups is 1. The Morgan fingerprint density at radius 1 is 1.06 bits per heavy atom. The van der Waals surface area contributed by atoms with Crippen LogP contribution in [0.1, 0.15) is 12.5 Å². The van der Waals surface area contributed by atoms with Crippen molar-refractivity contribution in [2.45, 2.75) is 23.7 Å². The van der Waals surface area contributed by atoms with E-state index in [1.807, 2.05) is 48.5 Å². The Balaban J connectivity index is 1.61. The van der Waals surface area contributed by atoms with Gasteiger partial charge in [0.05, 0.1) is 17.6 Å².